The number of nitrogens with one attached hydrogen (secondary N) is 1. The number of hydrogen-bond acceptors (Lipinski definition) is 2. The van der Waals surface area contributed by atoms with Crippen LogP contribution in [0.15, 0.2) is 18.2 Å². The van der Waals surface area contributed by atoms with Crippen molar-refractivity contribution in [2.45, 2.75) is 58.8 Å². The van der Waals surface area contributed by atoms with Crippen LogP contribution < -0.4 is 10.2 Å². The Hall–Kier alpha value is -1.51. The van der Waals surface area contributed by atoms with Crippen LogP contribution in [-0.2, 0) is 11.2 Å². The van der Waals surface area contributed by atoms with Gasteiger partial charge in [0.2, 0.25) is 5.91 Å². The van der Waals surface area contributed by atoms with Gasteiger partial charge in [-0.25, -0.2) is 0 Å². The molecule has 21 heavy (non-hydrogen) atoms. The van der Waals surface area contributed by atoms with E-state index in [9.17, 15) is 4.79 Å². The number of nitrogens with zero attached hydrogens (tertiary/aromatic N) is 1. The Morgan fingerprint density at radius 3 is 2.71 bits per heavy atom. The Bertz CT molecular complexity index is 470. The number of amides is 1. The molecule has 1 heterocycles. The van der Waals surface area contributed by atoms with Gasteiger partial charge >= 0.3 is 0 Å². The number of carbonyl (C=O) groups is 1. The van der Waals surface area contributed by atoms with Gasteiger partial charge in [0.1, 0.15) is 0 Å². The largest absolute Gasteiger partial charge is 0.385 e. The molecule has 0 saturated carbocycles. The highest BCUT2D eigenvalue weighted by Gasteiger charge is 2.21. The van der Waals surface area contributed by atoms with Gasteiger partial charge < -0.3 is 10.2 Å². The van der Waals surface area contributed by atoms with Crippen LogP contribution in [0.4, 0.5) is 11.4 Å². The highest BCUT2D eigenvalue weighted by molar-refractivity contribution is 5.94. The minimum absolute atomic E-state index is 0.140. The van der Waals surface area contributed by atoms with E-state index < -0.39 is 0 Å². The molecule has 1 aromatic rings. The van der Waals surface area contributed by atoms with E-state index in [0.717, 1.165) is 25.2 Å². The van der Waals surface area contributed by atoms with Gasteiger partial charge in [-0.2, -0.15) is 0 Å². The molecule has 0 saturated heterocycles. The maximum Gasteiger partial charge on any atom is 0.223 e. The zero-order valence-electron chi connectivity index (χ0n) is 13.5. The van der Waals surface area contributed by atoms with E-state index in [-0.39, 0.29) is 5.91 Å². The minimum atomic E-state index is 0.140. The van der Waals surface area contributed by atoms with Gasteiger partial charge in [-0.15, -0.1) is 0 Å². The third-order valence-corrected chi connectivity index (χ3v) is 4.21. The Balaban J connectivity index is 1.75. The fraction of sp³-hybridized carbons (Fsp3) is 0.611. The van der Waals surface area contributed by atoms with E-state index in [1.807, 2.05) is 4.90 Å². The van der Waals surface area contributed by atoms with Crippen LogP contribution in [0.5, 0.6) is 0 Å². The average molecular weight is 288 g/mol. The van der Waals surface area contributed by atoms with Gasteiger partial charge in [-0.3, -0.25) is 4.79 Å². The van der Waals surface area contributed by atoms with Crippen LogP contribution in [-0.4, -0.2) is 19.0 Å². The standard InChI is InChI=1S/C18H28N2O/c1-3-4-5-6-7-8-12-19-17-9-10-18-16(14-17)11-13-20(18)15(2)21/h9-10,14,19H,3-8,11-13H2,1-2H3. The number of rotatable bonds is 8. The van der Waals surface area contributed by atoms with Crippen LogP contribution >= 0.6 is 0 Å². The molecule has 0 unspecified atom stereocenters. The van der Waals surface area contributed by atoms with E-state index in [1.54, 1.807) is 6.92 Å². The lowest BCUT2D eigenvalue weighted by molar-refractivity contribution is -0.116. The van der Waals surface area contributed by atoms with Gasteiger partial charge in [0.25, 0.3) is 0 Å². The van der Waals surface area contributed by atoms with Crippen molar-refractivity contribution in [3.8, 4) is 0 Å². The summed E-state index contributed by atoms with van der Waals surface area (Å²) in [6.45, 7) is 5.76. The Labute approximate surface area is 128 Å². The topological polar surface area (TPSA) is 32.3 Å². The summed E-state index contributed by atoms with van der Waals surface area (Å²) in [5, 5.41) is 3.51. The van der Waals surface area contributed by atoms with E-state index in [2.05, 4.69) is 30.4 Å². The number of benzene rings is 1. The number of fused-ring (bicyclic) bond motifs is 1. The Morgan fingerprint density at radius 2 is 1.95 bits per heavy atom. The van der Waals surface area contributed by atoms with Gasteiger partial charge in [0.15, 0.2) is 0 Å². The predicted octanol–water partition coefficient (Wildman–Crippen LogP) is 4.37. The number of carbonyl (C=O) groups excluding carboxylic acids is 1. The minimum Gasteiger partial charge on any atom is -0.385 e. The molecule has 0 bridgehead atoms. The first-order chi connectivity index (χ1) is 10.2. The van der Waals surface area contributed by atoms with Crippen molar-refractivity contribution < 1.29 is 4.79 Å². The molecule has 0 spiro atoms. The first-order valence-corrected chi connectivity index (χ1v) is 8.37. The van der Waals surface area contributed by atoms with Crippen LogP contribution in [0, 0.1) is 0 Å². The Morgan fingerprint density at radius 1 is 1.19 bits per heavy atom. The molecule has 0 radical (unpaired) electrons. The van der Waals surface area contributed by atoms with E-state index in [4.69, 9.17) is 0 Å². The number of hydrogen-bond donors (Lipinski definition) is 1. The van der Waals surface area contributed by atoms with Crippen LogP contribution in [0.25, 0.3) is 0 Å². The zero-order chi connectivity index (χ0) is 15.1. The fourth-order valence-corrected chi connectivity index (χ4v) is 2.98. The molecule has 1 aliphatic rings. The van der Waals surface area contributed by atoms with Crippen LogP contribution in [0.1, 0.15) is 57.9 Å². The third-order valence-electron chi connectivity index (χ3n) is 4.21. The molecule has 0 fully saturated rings. The monoisotopic (exact) mass is 288 g/mol. The lowest BCUT2D eigenvalue weighted by Gasteiger charge is -2.15. The second-order valence-corrected chi connectivity index (χ2v) is 5.96. The molecule has 0 aliphatic carbocycles. The van der Waals surface area contributed by atoms with Crippen LogP contribution in [0.2, 0.25) is 0 Å². The molecule has 1 amide bonds. The van der Waals surface area contributed by atoms with Crippen molar-refractivity contribution in [3.05, 3.63) is 23.8 Å². The summed E-state index contributed by atoms with van der Waals surface area (Å²) in [6.07, 6.45) is 8.93. The number of anilines is 2. The quantitative estimate of drug-likeness (QED) is 0.720. The maximum absolute atomic E-state index is 11.5. The molecule has 116 valence electrons. The van der Waals surface area contributed by atoms with Crippen molar-refractivity contribution in [1.82, 2.24) is 0 Å². The summed E-state index contributed by atoms with van der Waals surface area (Å²) < 4.78 is 0. The van der Waals surface area contributed by atoms with E-state index >= 15 is 0 Å². The van der Waals surface area contributed by atoms with Gasteiger partial charge in [0, 0.05) is 31.4 Å². The van der Waals surface area contributed by atoms with Crippen molar-refractivity contribution in [1.29, 1.82) is 0 Å². The average Bonchev–Trinajstić information content (AvgIpc) is 2.89. The van der Waals surface area contributed by atoms with Crippen molar-refractivity contribution in [2.24, 2.45) is 0 Å². The summed E-state index contributed by atoms with van der Waals surface area (Å²) in [4.78, 5) is 13.4. The second kappa shape index (κ2) is 8.06. The molecule has 0 aromatic heterocycles. The molecule has 0 atom stereocenters. The maximum atomic E-state index is 11.5. The third kappa shape index (κ3) is 4.48. The van der Waals surface area contributed by atoms with Gasteiger partial charge in [0.05, 0.1) is 0 Å². The highest BCUT2D eigenvalue weighted by atomic mass is 16.2. The molecular formula is C18H28N2O. The molecule has 1 N–H and O–H groups in total. The molecule has 1 aromatic carbocycles. The van der Waals surface area contributed by atoms with Crippen molar-refractivity contribution >= 4 is 17.3 Å². The van der Waals surface area contributed by atoms with E-state index in [1.165, 1.54) is 49.8 Å². The van der Waals surface area contributed by atoms with E-state index in [0.29, 0.717) is 0 Å². The molecule has 2 rings (SSSR count). The Kier molecular flexibility index (Phi) is 6.09. The first kappa shape index (κ1) is 15.9. The molecule has 1 aliphatic heterocycles. The normalized spacial score (nSPS) is 13.3. The van der Waals surface area contributed by atoms with Crippen molar-refractivity contribution in [3.63, 3.8) is 0 Å². The lowest BCUT2D eigenvalue weighted by Crippen LogP contribution is -2.25. The second-order valence-electron chi connectivity index (χ2n) is 5.96. The fourth-order valence-electron chi connectivity index (χ4n) is 2.98. The first-order valence-electron chi connectivity index (χ1n) is 8.37. The predicted molar refractivity (Wildman–Crippen MR) is 90.0 cm³/mol. The lowest BCUT2D eigenvalue weighted by atomic mass is 10.1. The SMILES string of the molecule is CCCCCCCCNc1ccc2c(c1)CCN2C(C)=O. The highest BCUT2D eigenvalue weighted by Crippen LogP contribution is 2.30. The summed E-state index contributed by atoms with van der Waals surface area (Å²) >= 11 is 0. The summed E-state index contributed by atoms with van der Waals surface area (Å²) in [5.74, 6) is 0.140. The molecule has 3 nitrogen and oxygen atoms in total. The van der Waals surface area contributed by atoms with Crippen LogP contribution in [0.3, 0.4) is 0 Å². The zero-order valence-corrected chi connectivity index (χ0v) is 13.5. The summed E-state index contributed by atoms with van der Waals surface area (Å²) in [6, 6.07) is 6.37. The smallest absolute Gasteiger partial charge is 0.223 e. The number of unbranched alkanes of at least 4 members (excludes halogenated alkanes) is 5. The van der Waals surface area contributed by atoms with Crippen molar-refractivity contribution in [2.75, 3.05) is 23.3 Å². The molecule has 3 heteroatoms. The van der Waals surface area contributed by atoms with Gasteiger partial charge in [-0.05, 0) is 36.6 Å². The molecular weight excluding hydrogens is 260 g/mol. The van der Waals surface area contributed by atoms with Gasteiger partial charge in [-0.1, -0.05) is 39.0 Å². The summed E-state index contributed by atoms with van der Waals surface area (Å²) in [5.41, 5.74) is 3.57. The summed E-state index contributed by atoms with van der Waals surface area (Å²) in [7, 11) is 0.